The molecule has 3 aromatic rings. The van der Waals surface area contributed by atoms with E-state index in [9.17, 15) is 18.9 Å². The van der Waals surface area contributed by atoms with E-state index in [1.165, 1.54) is 30.5 Å². The molecule has 1 heterocycles. The molecule has 8 heteroatoms. The Morgan fingerprint density at radius 2 is 1.92 bits per heavy atom. The van der Waals surface area contributed by atoms with Crippen LogP contribution < -0.4 is 5.32 Å². The van der Waals surface area contributed by atoms with Crippen LogP contribution in [0, 0.1) is 21.7 Å². The largest absolute Gasteiger partial charge is 0.324 e. The van der Waals surface area contributed by atoms with Gasteiger partial charge in [0, 0.05) is 29.6 Å². The predicted octanol–water partition coefficient (Wildman–Crippen LogP) is 4.07. The van der Waals surface area contributed by atoms with E-state index in [1.54, 1.807) is 6.07 Å². The molecule has 0 radical (unpaired) electrons. The normalized spacial score (nSPS) is 10.4. The van der Waals surface area contributed by atoms with E-state index in [0.717, 1.165) is 18.2 Å². The molecule has 120 valence electrons. The van der Waals surface area contributed by atoms with Crippen LogP contribution in [-0.4, -0.2) is 14.9 Å². The van der Waals surface area contributed by atoms with Crippen molar-refractivity contribution in [1.82, 2.24) is 9.97 Å². The minimum atomic E-state index is -0.614. The van der Waals surface area contributed by atoms with Gasteiger partial charge >= 0.3 is 0 Å². The summed E-state index contributed by atoms with van der Waals surface area (Å²) in [6, 6.07) is 10.3. The molecule has 1 N–H and O–H groups in total. The summed E-state index contributed by atoms with van der Waals surface area (Å²) in [6.07, 6.45) is 1.38. The molecule has 0 aliphatic rings. The molecule has 0 saturated carbocycles. The van der Waals surface area contributed by atoms with E-state index in [0.29, 0.717) is 5.69 Å². The molecule has 3 rings (SSSR count). The summed E-state index contributed by atoms with van der Waals surface area (Å²) in [4.78, 5) is 18.4. The van der Waals surface area contributed by atoms with E-state index in [2.05, 4.69) is 15.3 Å². The molecule has 0 atom stereocenters. The smallest absolute Gasteiger partial charge is 0.271 e. The number of nitro benzene ring substituents is 1. The van der Waals surface area contributed by atoms with Gasteiger partial charge in [0.25, 0.3) is 5.69 Å². The van der Waals surface area contributed by atoms with Crippen LogP contribution in [0.4, 0.5) is 26.1 Å². The molecule has 2 aromatic carbocycles. The number of nitro groups is 1. The first kappa shape index (κ1) is 15.5. The van der Waals surface area contributed by atoms with Crippen molar-refractivity contribution in [2.45, 2.75) is 0 Å². The Labute approximate surface area is 135 Å². The molecule has 0 unspecified atom stereocenters. The van der Waals surface area contributed by atoms with Crippen molar-refractivity contribution in [3.05, 3.63) is 76.5 Å². The number of anilines is 2. The van der Waals surface area contributed by atoms with Gasteiger partial charge in [0.05, 0.1) is 10.6 Å². The first-order valence-corrected chi connectivity index (χ1v) is 6.83. The highest BCUT2D eigenvalue weighted by molar-refractivity contribution is 5.63. The number of hydrogen-bond acceptors (Lipinski definition) is 5. The minimum Gasteiger partial charge on any atom is -0.324 e. The second kappa shape index (κ2) is 6.37. The van der Waals surface area contributed by atoms with Crippen molar-refractivity contribution in [1.29, 1.82) is 0 Å². The summed E-state index contributed by atoms with van der Waals surface area (Å²) < 4.78 is 27.1. The fourth-order valence-electron chi connectivity index (χ4n) is 2.09. The van der Waals surface area contributed by atoms with Crippen LogP contribution in [0.15, 0.2) is 54.7 Å². The molecule has 0 saturated heterocycles. The third kappa shape index (κ3) is 3.32. The fraction of sp³-hybridized carbons (Fsp3) is 0. The second-order valence-corrected chi connectivity index (χ2v) is 4.82. The highest BCUT2D eigenvalue weighted by Gasteiger charge is 2.10. The summed E-state index contributed by atoms with van der Waals surface area (Å²) in [7, 11) is 0. The minimum absolute atomic E-state index is 0.000470. The number of nitrogens with zero attached hydrogens (tertiary/aromatic N) is 3. The third-order valence-corrected chi connectivity index (χ3v) is 3.17. The van der Waals surface area contributed by atoms with Gasteiger partial charge in [-0.05, 0) is 30.3 Å². The molecule has 24 heavy (non-hydrogen) atoms. The van der Waals surface area contributed by atoms with Gasteiger partial charge in [-0.3, -0.25) is 10.1 Å². The molecule has 0 fully saturated rings. The average molecular weight is 328 g/mol. The van der Waals surface area contributed by atoms with Gasteiger partial charge in [0.2, 0.25) is 5.95 Å². The van der Waals surface area contributed by atoms with Crippen LogP contribution in [0.1, 0.15) is 0 Å². The maximum absolute atomic E-state index is 13.8. The molecular weight excluding hydrogens is 318 g/mol. The van der Waals surface area contributed by atoms with Crippen LogP contribution in [0.5, 0.6) is 0 Å². The molecule has 0 aliphatic heterocycles. The molecule has 0 aliphatic carbocycles. The quantitative estimate of drug-likeness (QED) is 0.576. The highest BCUT2D eigenvalue weighted by atomic mass is 19.1. The van der Waals surface area contributed by atoms with Crippen LogP contribution in [0.2, 0.25) is 0 Å². The number of aromatic nitrogens is 2. The molecule has 0 spiro atoms. The summed E-state index contributed by atoms with van der Waals surface area (Å²) in [5.74, 6) is -1.09. The highest BCUT2D eigenvalue weighted by Crippen LogP contribution is 2.24. The lowest BCUT2D eigenvalue weighted by Crippen LogP contribution is -1.99. The summed E-state index contributed by atoms with van der Waals surface area (Å²) in [5.41, 5.74) is 0.503. The zero-order valence-corrected chi connectivity index (χ0v) is 12.1. The molecule has 0 bridgehead atoms. The first-order chi connectivity index (χ1) is 11.5. The lowest BCUT2D eigenvalue weighted by atomic mass is 10.1. The van der Waals surface area contributed by atoms with Gasteiger partial charge in [-0.2, -0.15) is 0 Å². The monoisotopic (exact) mass is 328 g/mol. The van der Waals surface area contributed by atoms with Gasteiger partial charge in [0.15, 0.2) is 0 Å². The van der Waals surface area contributed by atoms with Gasteiger partial charge in [-0.25, -0.2) is 18.7 Å². The van der Waals surface area contributed by atoms with Gasteiger partial charge in [-0.15, -0.1) is 0 Å². The average Bonchev–Trinajstić information content (AvgIpc) is 2.57. The number of hydrogen-bond donors (Lipinski definition) is 1. The van der Waals surface area contributed by atoms with E-state index < -0.39 is 16.6 Å². The molecule has 6 nitrogen and oxygen atoms in total. The van der Waals surface area contributed by atoms with Gasteiger partial charge < -0.3 is 5.32 Å². The van der Waals surface area contributed by atoms with Crippen LogP contribution in [-0.2, 0) is 0 Å². The van der Waals surface area contributed by atoms with E-state index in [1.807, 2.05) is 0 Å². The molecular formula is C16H10F2N4O2. The van der Waals surface area contributed by atoms with E-state index >= 15 is 0 Å². The summed E-state index contributed by atoms with van der Waals surface area (Å²) in [6.45, 7) is 0. The van der Waals surface area contributed by atoms with Crippen molar-refractivity contribution < 1.29 is 13.7 Å². The van der Waals surface area contributed by atoms with E-state index in [4.69, 9.17) is 0 Å². The van der Waals surface area contributed by atoms with Crippen molar-refractivity contribution in [3.8, 4) is 11.3 Å². The topological polar surface area (TPSA) is 81.0 Å². The Morgan fingerprint density at radius 1 is 1.08 bits per heavy atom. The summed E-state index contributed by atoms with van der Waals surface area (Å²) in [5, 5.41) is 13.6. The number of non-ortho nitro benzene ring substituents is 1. The SMILES string of the molecule is O=[N+]([O-])c1cccc(Nc2nccc(-c3cc(F)ccc3F)n2)c1. The maximum atomic E-state index is 13.8. The number of nitrogens with one attached hydrogen (secondary N) is 1. The van der Waals surface area contributed by atoms with Gasteiger partial charge in [0.1, 0.15) is 11.6 Å². The molecule has 1 aromatic heterocycles. The first-order valence-electron chi connectivity index (χ1n) is 6.83. The van der Waals surface area contributed by atoms with Crippen molar-refractivity contribution in [3.63, 3.8) is 0 Å². The van der Waals surface area contributed by atoms with Crippen LogP contribution in [0.25, 0.3) is 11.3 Å². The number of halogens is 2. The third-order valence-electron chi connectivity index (χ3n) is 3.17. The Hall–Kier alpha value is -3.42. The predicted molar refractivity (Wildman–Crippen MR) is 83.8 cm³/mol. The Kier molecular flexibility index (Phi) is 4.11. The number of benzene rings is 2. The number of rotatable bonds is 4. The van der Waals surface area contributed by atoms with Gasteiger partial charge in [-0.1, -0.05) is 6.07 Å². The fourth-order valence-corrected chi connectivity index (χ4v) is 2.09. The molecule has 0 amide bonds. The van der Waals surface area contributed by atoms with E-state index in [-0.39, 0.29) is 22.9 Å². The summed E-state index contributed by atoms with van der Waals surface area (Å²) >= 11 is 0. The van der Waals surface area contributed by atoms with Crippen LogP contribution >= 0.6 is 0 Å². The van der Waals surface area contributed by atoms with Crippen molar-refractivity contribution >= 4 is 17.3 Å². The standard InChI is InChI=1S/C16H10F2N4O2/c17-10-4-5-14(18)13(8-10)15-6-7-19-16(21-15)20-11-2-1-3-12(9-11)22(23)24/h1-9H,(H,19,20,21). The maximum Gasteiger partial charge on any atom is 0.271 e. The van der Waals surface area contributed by atoms with Crippen LogP contribution in [0.3, 0.4) is 0 Å². The lowest BCUT2D eigenvalue weighted by Gasteiger charge is -2.07. The Bertz CT molecular complexity index is 918. The lowest BCUT2D eigenvalue weighted by molar-refractivity contribution is -0.384. The Morgan fingerprint density at radius 3 is 2.71 bits per heavy atom. The zero-order valence-electron chi connectivity index (χ0n) is 12.1. The van der Waals surface area contributed by atoms with Crippen molar-refractivity contribution in [2.24, 2.45) is 0 Å². The second-order valence-electron chi connectivity index (χ2n) is 4.82. The Balaban J connectivity index is 1.92. The van der Waals surface area contributed by atoms with Crippen molar-refractivity contribution in [2.75, 3.05) is 5.32 Å². The zero-order chi connectivity index (χ0) is 17.1.